The molecule has 2 rings (SSSR count). The van der Waals surface area contributed by atoms with Crippen LogP contribution in [-0.2, 0) is 0 Å². The average molecular weight is 294 g/mol. The van der Waals surface area contributed by atoms with Crippen molar-refractivity contribution in [3.05, 3.63) is 46.9 Å². The third kappa shape index (κ3) is 4.11. The zero-order valence-corrected chi connectivity index (χ0v) is 12.6. The quantitative estimate of drug-likeness (QED) is 0.669. The van der Waals surface area contributed by atoms with Gasteiger partial charge in [0.25, 0.3) is 0 Å². The average Bonchev–Trinajstić information content (AvgIpc) is 2.41. The summed E-state index contributed by atoms with van der Waals surface area (Å²) in [4.78, 5) is 9.91. The molecule has 5 heteroatoms. The van der Waals surface area contributed by atoms with Gasteiger partial charge < -0.3 is 5.32 Å². The van der Waals surface area contributed by atoms with E-state index in [0.29, 0.717) is 11.0 Å². The molecule has 0 saturated carbocycles. The number of nitrogens with zero attached hydrogens (tertiary/aromatic N) is 2. The van der Waals surface area contributed by atoms with Crippen molar-refractivity contribution < 1.29 is 0 Å². The first-order valence-corrected chi connectivity index (χ1v) is 7.45. The summed E-state index contributed by atoms with van der Waals surface area (Å²) >= 11 is 7.85. The summed E-state index contributed by atoms with van der Waals surface area (Å²) in [5.41, 5.74) is 1.77. The minimum Gasteiger partial charge on any atom is -0.367 e. The largest absolute Gasteiger partial charge is 0.367 e. The van der Waals surface area contributed by atoms with E-state index in [1.54, 1.807) is 11.8 Å². The lowest BCUT2D eigenvalue weighted by molar-refractivity contribution is 1.03. The first-order valence-electron chi connectivity index (χ1n) is 6.09. The fourth-order valence-electron chi connectivity index (χ4n) is 1.54. The number of anilines is 1. The maximum absolute atomic E-state index is 6.05. The van der Waals surface area contributed by atoms with E-state index >= 15 is 0 Å². The van der Waals surface area contributed by atoms with Crippen LogP contribution in [0.2, 0.25) is 5.15 Å². The van der Waals surface area contributed by atoms with Crippen LogP contribution < -0.4 is 5.32 Å². The number of aryl methyl sites for hydroxylation is 2. The van der Waals surface area contributed by atoms with Crippen LogP contribution in [0, 0.1) is 13.8 Å². The Hall–Kier alpha value is -1.26. The van der Waals surface area contributed by atoms with Crippen LogP contribution in [-0.4, -0.2) is 22.3 Å². The van der Waals surface area contributed by atoms with Crippen LogP contribution in [0.3, 0.4) is 0 Å². The van der Waals surface area contributed by atoms with Gasteiger partial charge in [0.2, 0.25) is 0 Å². The number of nitrogens with one attached hydrogen (secondary N) is 1. The fraction of sp³-hybridized carbons (Fsp3) is 0.286. The lowest BCUT2D eigenvalue weighted by Crippen LogP contribution is -2.08. The van der Waals surface area contributed by atoms with Crippen molar-refractivity contribution in [2.75, 3.05) is 17.6 Å². The van der Waals surface area contributed by atoms with Crippen molar-refractivity contribution in [3.63, 3.8) is 0 Å². The summed E-state index contributed by atoms with van der Waals surface area (Å²) in [5, 5.41) is 3.66. The molecule has 0 saturated heterocycles. The van der Waals surface area contributed by atoms with Gasteiger partial charge in [-0.2, -0.15) is 0 Å². The van der Waals surface area contributed by atoms with E-state index in [0.717, 1.165) is 23.7 Å². The molecule has 1 heterocycles. The summed E-state index contributed by atoms with van der Waals surface area (Å²) in [6.07, 6.45) is 0. The first-order chi connectivity index (χ1) is 9.16. The molecule has 0 unspecified atom stereocenters. The molecule has 0 aliphatic rings. The van der Waals surface area contributed by atoms with E-state index < -0.39 is 0 Å². The number of benzene rings is 1. The van der Waals surface area contributed by atoms with Gasteiger partial charge in [0.1, 0.15) is 0 Å². The second-order valence-corrected chi connectivity index (χ2v) is 5.65. The molecule has 0 aliphatic carbocycles. The highest BCUT2D eigenvalue weighted by Crippen LogP contribution is 2.20. The van der Waals surface area contributed by atoms with Gasteiger partial charge in [-0.05, 0) is 26.0 Å². The third-order valence-corrected chi connectivity index (χ3v) is 3.95. The SMILES string of the molecule is Cc1nc(Cl)c(NCCSc2ccccc2)nc1C. The minimum atomic E-state index is 0.438. The van der Waals surface area contributed by atoms with Gasteiger partial charge in [-0.1, -0.05) is 29.8 Å². The van der Waals surface area contributed by atoms with Crippen molar-refractivity contribution in [2.24, 2.45) is 0 Å². The summed E-state index contributed by atoms with van der Waals surface area (Å²) < 4.78 is 0. The molecule has 100 valence electrons. The van der Waals surface area contributed by atoms with E-state index in [4.69, 9.17) is 11.6 Å². The van der Waals surface area contributed by atoms with Gasteiger partial charge in [0, 0.05) is 17.2 Å². The Labute approximate surface area is 122 Å². The van der Waals surface area contributed by atoms with E-state index in [2.05, 4.69) is 27.4 Å². The van der Waals surface area contributed by atoms with Gasteiger partial charge in [-0.15, -0.1) is 11.8 Å². The standard InChI is InChI=1S/C14H16ClN3S/c1-10-11(2)18-14(13(15)17-10)16-8-9-19-12-6-4-3-5-7-12/h3-7H,8-9H2,1-2H3,(H,16,18). The van der Waals surface area contributed by atoms with Crippen LogP contribution in [0.15, 0.2) is 35.2 Å². The van der Waals surface area contributed by atoms with Crippen LogP contribution in [0.1, 0.15) is 11.4 Å². The Balaban J connectivity index is 1.85. The second kappa shape index (κ2) is 6.78. The lowest BCUT2D eigenvalue weighted by Gasteiger charge is -2.09. The molecule has 0 amide bonds. The number of rotatable bonds is 5. The maximum atomic E-state index is 6.05. The molecule has 19 heavy (non-hydrogen) atoms. The van der Waals surface area contributed by atoms with Gasteiger partial charge in [0.15, 0.2) is 11.0 Å². The van der Waals surface area contributed by atoms with Crippen LogP contribution in [0.4, 0.5) is 5.82 Å². The Bertz CT molecular complexity index is 546. The number of aromatic nitrogens is 2. The zero-order valence-electron chi connectivity index (χ0n) is 11.0. The topological polar surface area (TPSA) is 37.8 Å². The van der Waals surface area contributed by atoms with Crippen LogP contribution >= 0.6 is 23.4 Å². The van der Waals surface area contributed by atoms with Gasteiger partial charge >= 0.3 is 0 Å². The Morgan fingerprint density at radius 3 is 2.53 bits per heavy atom. The number of halogens is 1. The highest BCUT2D eigenvalue weighted by molar-refractivity contribution is 7.99. The minimum absolute atomic E-state index is 0.438. The predicted octanol–water partition coefficient (Wildman–Crippen LogP) is 3.95. The fourth-order valence-corrected chi connectivity index (χ4v) is 2.57. The molecular weight excluding hydrogens is 278 g/mol. The molecule has 0 aliphatic heterocycles. The van der Waals surface area contributed by atoms with E-state index in [9.17, 15) is 0 Å². The van der Waals surface area contributed by atoms with Crippen molar-refractivity contribution in [1.82, 2.24) is 9.97 Å². The molecule has 0 spiro atoms. The smallest absolute Gasteiger partial charge is 0.171 e. The Kier molecular flexibility index (Phi) is 5.05. The highest BCUT2D eigenvalue weighted by atomic mass is 35.5. The molecule has 2 aromatic rings. The number of thioether (sulfide) groups is 1. The highest BCUT2D eigenvalue weighted by Gasteiger charge is 2.06. The van der Waals surface area contributed by atoms with Crippen LogP contribution in [0.25, 0.3) is 0 Å². The van der Waals surface area contributed by atoms with Crippen molar-refractivity contribution in [2.45, 2.75) is 18.7 Å². The summed E-state index contributed by atoms with van der Waals surface area (Å²) in [6.45, 7) is 4.64. The maximum Gasteiger partial charge on any atom is 0.171 e. The van der Waals surface area contributed by atoms with Crippen molar-refractivity contribution >= 4 is 29.2 Å². The summed E-state index contributed by atoms with van der Waals surface area (Å²) in [6, 6.07) is 10.3. The molecular formula is C14H16ClN3S. The second-order valence-electron chi connectivity index (χ2n) is 4.12. The van der Waals surface area contributed by atoms with E-state index in [-0.39, 0.29) is 0 Å². The molecule has 0 radical (unpaired) electrons. The molecule has 3 nitrogen and oxygen atoms in total. The van der Waals surface area contributed by atoms with Gasteiger partial charge in [-0.3, -0.25) is 0 Å². The number of hydrogen-bond acceptors (Lipinski definition) is 4. The summed E-state index contributed by atoms with van der Waals surface area (Å²) in [7, 11) is 0. The van der Waals surface area contributed by atoms with Crippen LogP contribution in [0.5, 0.6) is 0 Å². The van der Waals surface area contributed by atoms with Gasteiger partial charge in [-0.25, -0.2) is 9.97 Å². The van der Waals surface area contributed by atoms with E-state index in [1.807, 2.05) is 32.0 Å². The predicted molar refractivity (Wildman–Crippen MR) is 82.2 cm³/mol. The Morgan fingerprint density at radius 1 is 1.11 bits per heavy atom. The van der Waals surface area contributed by atoms with Gasteiger partial charge in [0.05, 0.1) is 11.4 Å². The Morgan fingerprint density at radius 2 is 1.79 bits per heavy atom. The molecule has 1 N–H and O–H groups in total. The molecule has 0 bridgehead atoms. The lowest BCUT2D eigenvalue weighted by atomic mass is 10.3. The molecule has 0 atom stereocenters. The van der Waals surface area contributed by atoms with Crippen molar-refractivity contribution in [3.8, 4) is 0 Å². The molecule has 0 fully saturated rings. The van der Waals surface area contributed by atoms with E-state index in [1.165, 1.54) is 4.90 Å². The third-order valence-electron chi connectivity index (χ3n) is 2.67. The van der Waals surface area contributed by atoms with Crippen molar-refractivity contribution in [1.29, 1.82) is 0 Å². The molecule has 1 aromatic carbocycles. The number of hydrogen-bond donors (Lipinski definition) is 1. The summed E-state index contributed by atoms with van der Waals surface area (Å²) in [5.74, 6) is 1.62. The first kappa shape index (κ1) is 14.2. The monoisotopic (exact) mass is 293 g/mol. The zero-order chi connectivity index (χ0) is 13.7. The molecule has 1 aromatic heterocycles. The normalized spacial score (nSPS) is 10.5.